The van der Waals surface area contributed by atoms with Crippen LogP contribution in [0.15, 0.2) is 405 Å². The third kappa shape index (κ3) is 13.8. The SMILES string of the molecule is CC1(C)c2cccnc2-c2ncc(-c3ccc4oc5cccc(-c6nc(-c7ccccc7)nc(-c7ccccc7)n6)c5c4c3)cc21.c1ccc(-c2nc(-c3ccccc3)nc(-c3cccc4oc5ccc(-c6ccc7oc8nccnc8c7c6)cc5c34)n2)cc1.c1ccc(-c2nc(-c3ccccc3)nc(-c3cccc4oc5ccc(-c6cnc7oc8ncccc8c7c6)cc5c34)n2)cc1. The highest BCUT2D eigenvalue weighted by Gasteiger charge is 2.38. The Bertz CT molecular complexity index is 8600. The molecule has 0 aliphatic heterocycles. The molecule has 0 fully saturated rings. The van der Waals surface area contributed by atoms with Crippen molar-refractivity contribution in [2.75, 3.05) is 0 Å². The van der Waals surface area contributed by atoms with Crippen LogP contribution in [0, 0.1) is 0 Å². The van der Waals surface area contributed by atoms with E-state index >= 15 is 0 Å². The lowest BCUT2D eigenvalue weighted by molar-refractivity contribution is 0.640. The molecule has 0 unspecified atom stereocenters. The van der Waals surface area contributed by atoms with Crippen molar-refractivity contribution in [3.05, 3.63) is 394 Å². The molecule has 0 spiro atoms. The molecule has 0 radical (unpaired) electrons. The molecule has 26 aromatic rings. The average molecular weight is 1730 g/mol. The number of hydrogen-bond acceptors (Lipinski definition) is 20. The Kier molecular flexibility index (Phi) is 18.7. The van der Waals surface area contributed by atoms with Gasteiger partial charge in [-0.15, -0.1) is 0 Å². The van der Waals surface area contributed by atoms with Crippen molar-refractivity contribution in [1.82, 2.24) is 74.8 Å². The van der Waals surface area contributed by atoms with E-state index in [0.717, 1.165) is 188 Å². The lowest BCUT2D eigenvalue weighted by Gasteiger charge is -2.21. The van der Waals surface area contributed by atoms with Crippen molar-refractivity contribution >= 4 is 110 Å². The van der Waals surface area contributed by atoms with Crippen LogP contribution in [0.25, 0.3) is 257 Å². The predicted molar refractivity (Wildman–Crippen MR) is 525 cm³/mol. The number of nitrogens with zero attached hydrogens (tertiary/aromatic N) is 15. The first-order valence-corrected chi connectivity index (χ1v) is 43.8. The summed E-state index contributed by atoms with van der Waals surface area (Å²) in [5, 5.41) is 8.60. The molecule has 1 aliphatic carbocycles. The second-order valence-electron chi connectivity index (χ2n) is 33.3. The van der Waals surface area contributed by atoms with Crippen LogP contribution in [0.5, 0.6) is 0 Å². The molecule has 13 aromatic heterocycles. The van der Waals surface area contributed by atoms with Gasteiger partial charge >= 0.3 is 0 Å². The van der Waals surface area contributed by atoms with Gasteiger partial charge in [-0.1, -0.05) is 263 Å². The molecule has 27 rings (SSSR count). The van der Waals surface area contributed by atoms with Crippen LogP contribution in [0.3, 0.4) is 0 Å². The van der Waals surface area contributed by atoms with Gasteiger partial charge in [0.2, 0.25) is 17.1 Å². The van der Waals surface area contributed by atoms with Gasteiger partial charge in [0, 0.05) is 147 Å². The van der Waals surface area contributed by atoms with Gasteiger partial charge in [-0.2, -0.15) is 0 Å². The molecule has 0 bridgehead atoms. The zero-order valence-corrected chi connectivity index (χ0v) is 71.6. The van der Waals surface area contributed by atoms with Crippen LogP contribution in [-0.2, 0) is 5.41 Å². The first-order chi connectivity index (χ1) is 66.1. The summed E-state index contributed by atoms with van der Waals surface area (Å²) in [4.78, 5) is 71.9. The molecule has 0 N–H and O–H groups in total. The quantitative estimate of drug-likeness (QED) is 0.110. The second-order valence-corrected chi connectivity index (χ2v) is 33.3. The van der Waals surface area contributed by atoms with Crippen LogP contribution in [0.2, 0.25) is 0 Å². The molecule has 1 aliphatic rings. The van der Waals surface area contributed by atoms with E-state index in [1.54, 1.807) is 18.6 Å². The molecule has 134 heavy (non-hydrogen) atoms. The zero-order valence-electron chi connectivity index (χ0n) is 71.6. The minimum Gasteiger partial charge on any atom is -0.456 e. The highest BCUT2D eigenvalue weighted by atomic mass is 16.4. The van der Waals surface area contributed by atoms with Gasteiger partial charge in [-0.05, 0) is 130 Å². The molecule has 630 valence electrons. The Labute approximate surface area is 762 Å². The van der Waals surface area contributed by atoms with E-state index in [-0.39, 0.29) is 5.41 Å². The summed E-state index contributed by atoms with van der Waals surface area (Å²) in [7, 11) is 0. The van der Waals surface area contributed by atoms with E-state index in [0.29, 0.717) is 69.6 Å². The number of benzene rings is 13. The molecular weight excluding hydrogens is 1660 g/mol. The molecule has 20 heteroatoms. The van der Waals surface area contributed by atoms with Crippen LogP contribution < -0.4 is 0 Å². The van der Waals surface area contributed by atoms with Gasteiger partial charge in [0.25, 0.3) is 0 Å². The molecule has 0 atom stereocenters. The highest BCUT2D eigenvalue weighted by molar-refractivity contribution is 6.16. The van der Waals surface area contributed by atoms with Crippen molar-refractivity contribution in [2.45, 2.75) is 19.3 Å². The molecule has 0 saturated heterocycles. The fourth-order valence-electron chi connectivity index (χ4n) is 18.2. The second kappa shape index (κ2) is 32.1. The molecular formula is C114H69N15O5. The highest BCUT2D eigenvalue weighted by Crippen LogP contribution is 2.50. The summed E-state index contributed by atoms with van der Waals surface area (Å²) < 4.78 is 30.8. The normalized spacial score (nSPS) is 12.2. The van der Waals surface area contributed by atoms with Crippen LogP contribution in [0.1, 0.15) is 25.0 Å². The number of fused-ring (bicyclic) bond motifs is 18. The van der Waals surface area contributed by atoms with E-state index in [4.69, 9.17) is 71.9 Å². The monoisotopic (exact) mass is 1730 g/mol. The molecule has 0 amide bonds. The van der Waals surface area contributed by atoms with E-state index in [1.807, 2.05) is 292 Å². The Morgan fingerprint density at radius 3 is 0.963 bits per heavy atom. The van der Waals surface area contributed by atoms with E-state index < -0.39 is 0 Å². The first kappa shape index (κ1) is 77.9. The predicted octanol–water partition coefficient (Wildman–Crippen LogP) is 27.8. The minimum absolute atomic E-state index is 0.187. The van der Waals surface area contributed by atoms with E-state index in [9.17, 15) is 0 Å². The maximum absolute atomic E-state index is 6.39. The third-order valence-corrected chi connectivity index (χ3v) is 24.8. The first-order valence-electron chi connectivity index (χ1n) is 43.8. The van der Waals surface area contributed by atoms with Gasteiger partial charge in [0.15, 0.2) is 52.4 Å². The maximum atomic E-state index is 6.39. The number of aromatic nitrogens is 15. The Morgan fingerprint density at radius 1 is 0.194 bits per heavy atom. The Hall–Kier alpha value is -18.4. The van der Waals surface area contributed by atoms with Crippen LogP contribution in [0.4, 0.5) is 0 Å². The number of hydrogen-bond donors (Lipinski definition) is 0. The number of rotatable bonds is 12. The van der Waals surface area contributed by atoms with Crippen molar-refractivity contribution in [3.63, 3.8) is 0 Å². The van der Waals surface area contributed by atoms with Crippen LogP contribution in [-0.4, -0.2) is 74.8 Å². The standard InChI is InChI=1S/C40H27N5O.2C37H21N5O2/c1-40(2)30-16-10-20-41-35(30)36-31(40)22-27(23-42-36)26-18-19-32-29(21-26)34-28(15-9-17-33(34)46-32)39-44-37(24-11-5-3-6-12-24)43-38(45-39)25-13-7-4-8-14-25;1-3-9-22(10-4-1)33-40-34(23-11-5-2-6-12-23)42-35(41-33)27-13-7-15-31-32(27)29-19-24(16-17-30(29)43-31)25-20-28-26-14-8-18-38-36(26)44-37(28)39-21-25;1-3-8-22(9-4-1)34-40-35(23-10-5-2-6-11-23)42-36(41-34)26-12-7-13-31-32(26)27-20-24(14-16-29(27)43-31)25-15-17-30-28(21-25)33-37(44-30)39-19-18-38-33/h3-23H,1-2H3;2*1-21H. The van der Waals surface area contributed by atoms with Gasteiger partial charge < -0.3 is 22.1 Å². The van der Waals surface area contributed by atoms with Crippen molar-refractivity contribution in [3.8, 4) is 147 Å². The van der Waals surface area contributed by atoms with E-state index in [1.165, 1.54) is 11.1 Å². The van der Waals surface area contributed by atoms with Gasteiger partial charge in [0.1, 0.15) is 44.6 Å². The smallest absolute Gasteiger partial charge is 0.246 e. The maximum Gasteiger partial charge on any atom is 0.246 e. The molecule has 13 heterocycles. The van der Waals surface area contributed by atoms with E-state index in [2.05, 4.69) is 112 Å². The summed E-state index contributed by atoms with van der Waals surface area (Å²) in [6, 6.07) is 115. The Morgan fingerprint density at radius 2 is 0.530 bits per heavy atom. The van der Waals surface area contributed by atoms with Crippen molar-refractivity contribution in [2.24, 2.45) is 0 Å². The fraction of sp³-hybridized carbons (Fsp3) is 0.0263. The van der Waals surface area contributed by atoms with Gasteiger partial charge in [-0.25, -0.2) is 64.8 Å². The lowest BCUT2D eigenvalue weighted by Crippen LogP contribution is -2.15. The summed E-state index contributed by atoms with van der Waals surface area (Å²) in [5.74, 6) is 5.46. The topological polar surface area (TPSA) is 259 Å². The summed E-state index contributed by atoms with van der Waals surface area (Å²) in [6.07, 6.45) is 10.7. The molecule has 0 saturated carbocycles. The van der Waals surface area contributed by atoms with Crippen molar-refractivity contribution < 1.29 is 22.1 Å². The number of pyridine rings is 4. The van der Waals surface area contributed by atoms with Crippen molar-refractivity contribution in [1.29, 1.82) is 0 Å². The minimum atomic E-state index is -0.187. The fourth-order valence-corrected chi connectivity index (χ4v) is 18.2. The summed E-state index contributed by atoms with van der Waals surface area (Å²) >= 11 is 0. The Balaban J connectivity index is 0.000000108. The van der Waals surface area contributed by atoms with Gasteiger partial charge in [0.05, 0.1) is 16.8 Å². The molecule has 13 aromatic carbocycles. The average Bonchev–Trinajstić information content (AvgIpc) is 1.59. The van der Waals surface area contributed by atoms with Crippen LogP contribution >= 0.6 is 0 Å². The van der Waals surface area contributed by atoms with Gasteiger partial charge in [-0.3, -0.25) is 9.97 Å². The number of furan rings is 5. The summed E-state index contributed by atoms with van der Waals surface area (Å²) in [5.41, 5.74) is 26.3. The third-order valence-electron chi connectivity index (χ3n) is 24.8. The zero-order chi connectivity index (χ0) is 88.9. The largest absolute Gasteiger partial charge is 0.456 e. The lowest BCUT2D eigenvalue weighted by atomic mass is 9.82. The molecule has 20 nitrogen and oxygen atoms in total. The summed E-state index contributed by atoms with van der Waals surface area (Å²) in [6.45, 7) is 4.48.